The molecule has 1 amide bonds. The largest absolute Gasteiger partial charge is 0.355 e. The molecule has 0 radical (unpaired) electrons. The number of rotatable bonds is 6. The van der Waals surface area contributed by atoms with Crippen molar-refractivity contribution in [3.63, 3.8) is 0 Å². The van der Waals surface area contributed by atoms with Gasteiger partial charge in [0.2, 0.25) is 5.91 Å². The summed E-state index contributed by atoms with van der Waals surface area (Å²) < 4.78 is 0. The lowest BCUT2D eigenvalue weighted by Crippen LogP contribution is -2.40. The lowest BCUT2D eigenvalue weighted by atomic mass is 9.81. The number of carbonyl (C=O) groups is 1. The molecule has 0 atom stereocenters. The Hall–Kier alpha value is -0.610. The molecule has 0 aromatic heterocycles. The molecule has 0 aliphatic heterocycles. The summed E-state index contributed by atoms with van der Waals surface area (Å²) in [7, 11) is 2.19. The maximum Gasteiger partial charge on any atom is 0.223 e. The zero-order chi connectivity index (χ0) is 14.4. The summed E-state index contributed by atoms with van der Waals surface area (Å²) in [5, 5.41) is 3.13. The van der Waals surface area contributed by atoms with Crippen molar-refractivity contribution in [2.24, 2.45) is 17.6 Å². The van der Waals surface area contributed by atoms with Crippen molar-refractivity contribution in [2.75, 3.05) is 26.7 Å². The first kappa shape index (κ1) is 15.8. The van der Waals surface area contributed by atoms with Crippen LogP contribution in [0, 0.1) is 11.8 Å². The summed E-state index contributed by atoms with van der Waals surface area (Å²) in [5.74, 6) is 1.14. The SMILES string of the molecule is CN(CCNC(=O)C1CCC(CN)CC1)C1CCCC1. The standard InChI is InChI=1S/C16H31N3O/c1-19(15-4-2-3-5-15)11-10-18-16(20)14-8-6-13(12-17)7-9-14/h13-15H,2-12,17H2,1H3,(H,18,20). The summed E-state index contributed by atoms with van der Waals surface area (Å²) >= 11 is 0. The van der Waals surface area contributed by atoms with E-state index >= 15 is 0 Å². The van der Waals surface area contributed by atoms with Gasteiger partial charge in [-0.05, 0) is 58.0 Å². The molecule has 0 bridgehead atoms. The fraction of sp³-hybridized carbons (Fsp3) is 0.938. The fourth-order valence-corrected chi connectivity index (χ4v) is 3.69. The minimum atomic E-state index is 0.231. The Labute approximate surface area is 123 Å². The van der Waals surface area contributed by atoms with Gasteiger partial charge in [0.1, 0.15) is 0 Å². The molecule has 116 valence electrons. The third kappa shape index (κ3) is 4.45. The Kier molecular flexibility index (Phi) is 6.30. The highest BCUT2D eigenvalue weighted by molar-refractivity contribution is 5.78. The van der Waals surface area contributed by atoms with E-state index in [0.717, 1.165) is 51.4 Å². The van der Waals surface area contributed by atoms with Crippen LogP contribution in [0.4, 0.5) is 0 Å². The Morgan fingerprint density at radius 2 is 1.80 bits per heavy atom. The predicted molar refractivity (Wildman–Crippen MR) is 82.4 cm³/mol. The van der Waals surface area contributed by atoms with Crippen LogP contribution in [0.15, 0.2) is 0 Å². The van der Waals surface area contributed by atoms with E-state index in [1.165, 1.54) is 25.7 Å². The third-order valence-electron chi connectivity index (χ3n) is 5.26. The molecule has 2 saturated carbocycles. The summed E-state index contributed by atoms with van der Waals surface area (Å²) in [6, 6.07) is 0.742. The van der Waals surface area contributed by atoms with Crippen LogP contribution >= 0.6 is 0 Å². The highest BCUT2D eigenvalue weighted by Gasteiger charge is 2.25. The van der Waals surface area contributed by atoms with Crippen LogP contribution in [0.2, 0.25) is 0 Å². The number of likely N-dealkylation sites (N-methyl/N-ethyl adjacent to an activating group) is 1. The van der Waals surface area contributed by atoms with E-state index < -0.39 is 0 Å². The Morgan fingerprint density at radius 3 is 2.40 bits per heavy atom. The first-order valence-corrected chi connectivity index (χ1v) is 8.38. The average Bonchev–Trinajstić information content (AvgIpc) is 3.01. The first-order chi connectivity index (χ1) is 9.70. The van der Waals surface area contributed by atoms with Crippen molar-refractivity contribution in [1.29, 1.82) is 0 Å². The monoisotopic (exact) mass is 281 g/mol. The summed E-state index contributed by atoms with van der Waals surface area (Å²) in [6.45, 7) is 2.55. The number of nitrogens with one attached hydrogen (secondary N) is 1. The van der Waals surface area contributed by atoms with Gasteiger partial charge in [-0.25, -0.2) is 0 Å². The lowest BCUT2D eigenvalue weighted by Gasteiger charge is -2.28. The van der Waals surface area contributed by atoms with Crippen molar-refractivity contribution in [1.82, 2.24) is 10.2 Å². The van der Waals surface area contributed by atoms with E-state index in [-0.39, 0.29) is 11.8 Å². The molecule has 0 saturated heterocycles. The van der Waals surface area contributed by atoms with Gasteiger partial charge in [0, 0.05) is 25.0 Å². The molecule has 4 heteroatoms. The molecule has 2 fully saturated rings. The number of amides is 1. The Bertz CT molecular complexity index is 294. The molecule has 0 spiro atoms. The molecule has 2 aliphatic rings. The van der Waals surface area contributed by atoms with Gasteiger partial charge in [0.15, 0.2) is 0 Å². The number of nitrogens with zero attached hydrogens (tertiary/aromatic N) is 1. The Balaban J connectivity index is 1.60. The molecule has 0 aromatic carbocycles. The summed E-state index contributed by atoms with van der Waals surface area (Å²) in [4.78, 5) is 14.6. The van der Waals surface area contributed by atoms with Gasteiger partial charge in [-0.3, -0.25) is 4.79 Å². The van der Waals surface area contributed by atoms with E-state index in [9.17, 15) is 4.79 Å². The average molecular weight is 281 g/mol. The third-order valence-corrected chi connectivity index (χ3v) is 5.26. The number of hydrogen-bond acceptors (Lipinski definition) is 3. The van der Waals surface area contributed by atoms with Gasteiger partial charge < -0.3 is 16.0 Å². The first-order valence-electron chi connectivity index (χ1n) is 8.38. The maximum absolute atomic E-state index is 12.1. The fourth-order valence-electron chi connectivity index (χ4n) is 3.69. The van der Waals surface area contributed by atoms with Crippen molar-refractivity contribution in [2.45, 2.75) is 57.4 Å². The number of hydrogen-bond donors (Lipinski definition) is 2. The van der Waals surface area contributed by atoms with Crippen molar-refractivity contribution >= 4 is 5.91 Å². The second-order valence-electron chi connectivity index (χ2n) is 6.66. The van der Waals surface area contributed by atoms with Crippen molar-refractivity contribution in [3.8, 4) is 0 Å². The lowest BCUT2D eigenvalue weighted by molar-refractivity contribution is -0.126. The van der Waals surface area contributed by atoms with Crippen LogP contribution in [-0.2, 0) is 4.79 Å². The molecule has 4 nitrogen and oxygen atoms in total. The zero-order valence-electron chi connectivity index (χ0n) is 12.9. The normalized spacial score (nSPS) is 27.9. The van der Waals surface area contributed by atoms with Crippen molar-refractivity contribution in [3.05, 3.63) is 0 Å². The molecular weight excluding hydrogens is 250 g/mol. The minimum absolute atomic E-state index is 0.231. The quantitative estimate of drug-likeness (QED) is 0.780. The smallest absolute Gasteiger partial charge is 0.223 e. The summed E-state index contributed by atoms with van der Waals surface area (Å²) in [6.07, 6.45) is 9.67. The van der Waals surface area contributed by atoms with E-state index in [0.29, 0.717) is 5.92 Å². The minimum Gasteiger partial charge on any atom is -0.355 e. The molecular formula is C16H31N3O. The van der Waals surface area contributed by atoms with E-state index in [4.69, 9.17) is 5.73 Å². The van der Waals surface area contributed by atoms with Gasteiger partial charge in [-0.2, -0.15) is 0 Å². The van der Waals surface area contributed by atoms with Crippen LogP contribution in [0.5, 0.6) is 0 Å². The molecule has 0 aromatic rings. The van der Waals surface area contributed by atoms with Crippen LogP contribution in [0.25, 0.3) is 0 Å². The van der Waals surface area contributed by atoms with E-state index in [2.05, 4.69) is 17.3 Å². The molecule has 2 aliphatic carbocycles. The summed E-state index contributed by atoms with van der Waals surface area (Å²) in [5.41, 5.74) is 5.69. The van der Waals surface area contributed by atoms with Crippen LogP contribution in [0.1, 0.15) is 51.4 Å². The van der Waals surface area contributed by atoms with Crippen LogP contribution in [-0.4, -0.2) is 43.5 Å². The second-order valence-corrected chi connectivity index (χ2v) is 6.66. The topological polar surface area (TPSA) is 58.4 Å². The second kappa shape index (κ2) is 7.99. The zero-order valence-corrected chi connectivity index (χ0v) is 12.9. The molecule has 0 unspecified atom stereocenters. The Morgan fingerprint density at radius 1 is 1.15 bits per heavy atom. The van der Waals surface area contributed by atoms with Crippen LogP contribution < -0.4 is 11.1 Å². The number of carbonyl (C=O) groups excluding carboxylic acids is 1. The number of nitrogens with two attached hydrogens (primary N) is 1. The van der Waals surface area contributed by atoms with Gasteiger partial charge in [0.25, 0.3) is 0 Å². The molecule has 20 heavy (non-hydrogen) atoms. The maximum atomic E-state index is 12.1. The van der Waals surface area contributed by atoms with Gasteiger partial charge in [-0.15, -0.1) is 0 Å². The molecule has 0 heterocycles. The highest BCUT2D eigenvalue weighted by Crippen LogP contribution is 2.28. The molecule has 2 rings (SSSR count). The highest BCUT2D eigenvalue weighted by atomic mass is 16.1. The van der Waals surface area contributed by atoms with E-state index in [1.807, 2.05) is 0 Å². The van der Waals surface area contributed by atoms with E-state index in [1.54, 1.807) is 0 Å². The van der Waals surface area contributed by atoms with Gasteiger partial charge in [-0.1, -0.05) is 12.8 Å². The van der Waals surface area contributed by atoms with Crippen molar-refractivity contribution < 1.29 is 4.79 Å². The van der Waals surface area contributed by atoms with Gasteiger partial charge in [0.05, 0.1) is 0 Å². The predicted octanol–water partition coefficient (Wildman–Crippen LogP) is 1.74. The van der Waals surface area contributed by atoms with Crippen LogP contribution in [0.3, 0.4) is 0 Å². The molecule has 3 N–H and O–H groups in total. The van der Waals surface area contributed by atoms with Gasteiger partial charge >= 0.3 is 0 Å².